The molecule has 0 bridgehead atoms. The fourth-order valence-corrected chi connectivity index (χ4v) is 0.387. The van der Waals surface area contributed by atoms with Crippen LogP contribution in [0.3, 0.4) is 0 Å². The quantitative estimate of drug-likeness (QED) is 0.353. The van der Waals surface area contributed by atoms with E-state index in [-0.39, 0.29) is 0 Å². The second kappa shape index (κ2) is 12.3. The summed E-state index contributed by atoms with van der Waals surface area (Å²) in [6, 6.07) is 0. The van der Waals surface area contributed by atoms with Crippen molar-refractivity contribution >= 4 is 12.4 Å². The molecule has 0 saturated heterocycles. The normalized spacial score (nSPS) is 9.00. The topological polar surface area (TPSA) is 34.0 Å². The zero-order chi connectivity index (χ0) is 9.82. The van der Waals surface area contributed by atoms with E-state index < -0.39 is 0 Å². The first-order valence-corrected chi connectivity index (χ1v) is 3.77. The predicted molar refractivity (Wildman–Crippen MR) is 54.4 cm³/mol. The van der Waals surface area contributed by atoms with Crippen molar-refractivity contribution in [1.29, 1.82) is 0 Å². The van der Waals surface area contributed by atoms with Crippen molar-refractivity contribution in [3.05, 3.63) is 25.3 Å². The average Bonchev–Trinajstić information content (AvgIpc) is 2.15. The van der Waals surface area contributed by atoms with Gasteiger partial charge >= 0.3 is 0 Å². The molecule has 0 fully saturated rings. The molecule has 0 aromatic carbocycles. The molecule has 0 radical (unpaired) electrons. The maximum atomic E-state index is 4.32. The molecule has 3 heteroatoms. The molecule has 0 saturated carbocycles. The van der Waals surface area contributed by atoms with Crippen LogP contribution in [-0.4, -0.2) is 12.4 Å². The van der Waals surface area contributed by atoms with E-state index in [1.807, 2.05) is 13.8 Å². The fourth-order valence-electron chi connectivity index (χ4n) is 0.387. The largest absolute Gasteiger partial charge is 0.245 e. The molecule has 0 heterocycles. The van der Waals surface area contributed by atoms with E-state index in [1.165, 1.54) is 0 Å². The lowest BCUT2D eigenvalue weighted by atomic mass is 10.3. The molecule has 0 N–H and O–H groups in total. The fraction of sp³-hybridized carbons (Fsp3) is 0.333. The number of allylic oxidation sites excluding steroid dienone is 2. The highest BCUT2D eigenvalue weighted by Crippen LogP contribution is 1.90. The summed E-state index contributed by atoms with van der Waals surface area (Å²) in [5.74, 6) is 0. The highest BCUT2D eigenvalue weighted by molar-refractivity contribution is 5.94. The molecule has 12 heavy (non-hydrogen) atoms. The van der Waals surface area contributed by atoms with E-state index >= 15 is 0 Å². The summed E-state index contributed by atoms with van der Waals surface area (Å²) in [7, 11) is 0. The van der Waals surface area contributed by atoms with Crippen LogP contribution in [0.1, 0.15) is 20.3 Å². The summed E-state index contributed by atoms with van der Waals surface area (Å²) in [6.45, 7) is 14.1. The van der Waals surface area contributed by atoms with Crippen molar-refractivity contribution in [2.45, 2.75) is 20.3 Å². The molecule has 0 aliphatic heterocycles. The van der Waals surface area contributed by atoms with Crippen molar-refractivity contribution in [2.75, 3.05) is 0 Å². The van der Waals surface area contributed by atoms with Gasteiger partial charge < -0.3 is 0 Å². The van der Waals surface area contributed by atoms with Gasteiger partial charge in [0, 0.05) is 13.1 Å². The van der Waals surface area contributed by atoms with Gasteiger partial charge in [0.15, 0.2) is 0 Å². The van der Waals surface area contributed by atoms with Crippen LogP contribution in [0.4, 0.5) is 0 Å². The van der Waals surface area contributed by atoms with E-state index in [9.17, 15) is 0 Å². The first-order valence-electron chi connectivity index (χ1n) is 3.77. The molecule has 0 rings (SSSR count). The minimum atomic E-state index is 0.624. The van der Waals surface area contributed by atoms with Crippen LogP contribution in [0.25, 0.3) is 0 Å². The van der Waals surface area contributed by atoms with Crippen LogP contribution >= 0.6 is 0 Å². The molecule has 3 nitrogen and oxygen atoms in total. The lowest BCUT2D eigenvalue weighted by Crippen LogP contribution is -1.89. The zero-order valence-corrected chi connectivity index (χ0v) is 7.79. The molecule has 0 aromatic rings. The first-order chi connectivity index (χ1) is 5.85. The van der Waals surface area contributed by atoms with Gasteiger partial charge in [0.25, 0.3) is 0 Å². The second-order valence-electron chi connectivity index (χ2n) is 1.49. The molecule has 68 valence electrons. The van der Waals surface area contributed by atoms with Gasteiger partial charge in [-0.25, -0.2) is 4.94 Å². The molecule has 0 aliphatic rings. The van der Waals surface area contributed by atoms with E-state index in [4.69, 9.17) is 0 Å². The lowest BCUT2D eigenvalue weighted by Gasteiger charge is -1.90. The van der Waals surface area contributed by atoms with E-state index in [0.717, 1.165) is 0 Å². The van der Waals surface area contributed by atoms with Crippen molar-refractivity contribution in [2.24, 2.45) is 10.3 Å². The number of hydrogen-bond acceptors (Lipinski definition) is 3. The van der Waals surface area contributed by atoms with Crippen LogP contribution in [0.15, 0.2) is 35.6 Å². The molecule has 0 spiro atoms. The smallest absolute Gasteiger partial charge is 0.0861 e. The summed E-state index contributed by atoms with van der Waals surface area (Å²) in [6.07, 6.45) is 3.90. The summed E-state index contributed by atoms with van der Waals surface area (Å²) in [5, 5.41) is 6.63. The minimum absolute atomic E-state index is 0.624. The van der Waals surface area contributed by atoms with Crippen LogP contribution in [0.5, 0.6) is 0 Å². The number of nitrogens with zero attached hydrogens (tertiary/aromatic N) is 2. The Morgan fingerprint density at radius 3 is 2.33 bits per heavy atom. The lowest BCUT2D eigenvalue weighted by molar-refractivity contribution is 0.158. The Hall–Kier alpha value is -1.38. The van der Waals surface area contributed by atoms with Gasteiger partial charge in [0.1, 0.15) is 0 Å². The summed E-state index contributed by atoms with van der Waals surface area (Å²) < 4.78 is 0. The molecule has 0 amide bonds. The highest BCUT2D eigenvalue weighted by Gasteiger charge is 1.87. The number of hydrogen-bond donors (Lipinski definition) is 0. The van der Waals surface area contributed by atoms with Gasteiger partial charge in [-0.15, -0.1) is 6.58 Å². The van der Waals surface area contributed by atoms with Gasteiger partial charge in [0.2, 0.25) is 0 Å². The number of rotatable bonds is 5. The van der Waals surface area contributed by atoms with Crippen LogP contribution < -0.4 is 0 Å². The standard InChI is InChI=1S/C7H10N2O.C2H6/c1-4-6-7(5-2)9-10-8-3;1-2/h4-5H,1-3,6H2;1-2H3/b9-7-;. The highest BCUT2D eigenvalue weighted by atomic mass is 16.8. The van der Waals surface area contributed by atoms with Gasteiger partial charge in [-0.1, -0.05) is 36.8 Å². The van der Waals surface area contributed by atoms with Crippen molar-refractivity contribution in [3.63, 3.8) is 0 Å². The molecule has 0 aromatic heterocycles. The summed E-state index contributed by atoms with van der Waals surface area (Å²) in [5.41, 5.74) is 0.683. The number of oxime groups is 2. The Balaban J connectivity index is 0. The van der Waals surface area contributed by atoms with Gasteiger partial charge in [0.05, 0.1) is 5.71 Å². The van der Waals surface area contributed by atoms with Crippen LogP contribution in [0.2, 0.25) is 0 Å². The van der Waals surface area contributed by atoms with E-state index in [1.54, 1.807) is 12.2 Å². The Bertz CT molecular complexity index is 162. The Morgan fingerprint density at radius 1 is 1.42 bits per heavy atom. The third-order valence-electron chi connectivity index (χ3n) is 0.805. The third-order valence-corrected chi connectivity index (χ3v) is 0.805. The molecule has 0 atom stereocenters. The van der Waals surface area contributed by atoms with Crippen LogP contribution in [0, 0.1) is 0 Å². The summed E-state index contributed by atoms with van der Waals surface area (Å²) >= 11 is 0. The Labute approximate surface area is 74.1 Å². The van der Waals surface area contributed by atoms with Gasteiger partial charge in [-0.05, 0) is 6.08 Å². The van der Waals surface area contributed by atoms with Gasteiger partial charge in [-0.2, -0.15) is 0 Å². The zero-order valence-electron chi connectivity index (χ0n) is 7.79. The van der Waals surface area contributed by atoms with Crippen LogP contribution in [-0.2, 0) is 4.94 Å². The van der Waals surface area contributed by atoms with Crippen molar-refractivity contribution < 1.29 is 4.94 Å². The van der Waals surface area contributed by atoms with E-state index in [0.29, 0.717) is 12.1 Å². The first kappa shape index (κ1) is 13.2. The van der Waals surface area contributed by atoms with Crippen molar-refractivity contribution in [1.82, 2.24) is 0 Å². The summed E-state index contributed by atoms with van der Waals surface area (Å²) in [4.78, 5) is 4.32. The van der Waals surface area contributed by atoms with E-state index in [2.05, 4.69) is 35.1 Å². The monoisotopic (exact) mass is 168 g/mol. The van der Waals surface area contributed by atoms with Crippen molar-refractivity contribution in [3.8, 4) is 0 Å². The molecule has 0 aliphatic carbocycles. The van der Waals surface area contributed by atoms with Gasteiger partial charge in [-0.3, -0.25) is 0 Å². The maximum absolute atomic E-state index is 4.32. The molecular formula is C9H16N2O. The minimum Gasteiger partial charge on any atom is -0.245 e. The average molecular weight is 168 g/mol. The molecular weight excluding hydrogens is 152 g/mol. The molecule has 0 unspecified atom stereocenters. The third kappa shape index (κ3) is 8.62. The SMILES string of the molecule is C=CC/C(C=C)=N\ON=C.CC. The maximum Gasteiger partial charge on any atom is 0.0861 e. The Morgan fingerprint density at radius 2 is 2.00 bits per heavy atom. The second-order valence-corrected chi connectivity index (χ2v) is 1.49. The predicted octanol–water partition coefficient (Wildman–Crippen LogP) is 2.76. The Kier molecular flexibility index (Phi) is 13.6.